The number of nitrogen functional groups attached to an aromatic ring is 1. The van der Waals surface area contributed by atoms with Crippen LogP contribution < -0.4 is 5.73 Å². The predicted octanol–water partition coefficient (Wildman–Crippen LogP) is 1.10. The van der Waals surface area contributed by atoms with Gasteiger partial charge in [0.05, 0.1) is 30.5 Å². The number of rotatable bonds is 4. The maximum absolute atomic E-state index is 9.63. The fourth-order valence-electron chi connectivity index (χ4n) is 2.09. The molecule has 0 saturated carbocycles. The number of nitrogens with two attached hydrogens (primary N) is 1. The largest absolute Gasteiger partial charge is 0.397 e. The number of benzene rings is 1. The van der Waals surface area contributed by atoms with E-state index in [9.17, 15) is 5.11 Å². The molecule has 1 unspecified atom stereocenters. The average Bonchev–Trinajstić information content (AvgIpc) is 2.70. The molecule has 1 aromatic carbocycles. The van der Waals surface area contributed by atoms with Crippen LogP contribution in [-0.4, -0.2) is 32.5 Å². The van der Waals surface area contributed by atoms with E-state index in [2.05, 4.69) is 4.98 Å². The molecule has 5 nitrogen and oxygen atoms in total. The molecule has 0 spiro atoms. The molecule has 0 saturated heterocycles. The quantitative estimate of drug-likeness (QED) is 0.708. The van der Waals surface area contributed by atoms with Gasteiger partial charge in [-0.3, -0.25) is 0 Å². The first-order chi connectivity index (χ1) is 8.54. The third-order valence-corrected chi connectivity index (χ3v) is 2.96. The molecule has 0 aliphatic rings. The van der Waals surface area contributed by atoms with Crippen LogP contribution in [0.25, 0.3) is 11.0 Å². The Bertz CT molecular complexity index is 548. The van der Waals surface area contributed by atoms with Gasteiger partial charge in [0.2, 0.25) is 0 Å². The Morgan fingerprint density at radius 1 is 1.39 bits per heavy atom. The molecule has 1 atom stereocenters. The summed E-state index contributed by atoms with van der Waals surface area (Å²) in [6.45, 7) is 4.14. The first-order valence-electron chi connectivity index (χ1n) is 6.08. The molecule has 2 rings (SSSR count). The molecule has 5 heteroatoms. The van der Waals surface area contributed by atoms with Crippen LogP contribution in [0.3, 0.4) is 0 Å². The lowest BCUT2D eigenvalue weighted by atomic mass is 10.2. The summed E-state index contributed by atoms with van der Waals surface area (Å²) in [6, 6.07) is 5.60. The highest BCUT2D eigenvalue weighted by molar-refractivity contribution is 5.87. The van der Waals surface area contributed by atoms with Gasteiger partial charge >= 0.3 is 0 Å². The third kappa shape index (κ3) is 2.19. The maximum atomic E-state index is 9.63. The van der Waals surface area contributed by atoms with E-state index in [1.165, 1.54) is 0 Å². The average molecular weight is 249 g/mol. The van der Waals surface area contributed by atoms with E-state index in [0.717, 1.165) is 16.9 Å². The molecule has 0 amide bonds. The highest BCUT2D eigenvalue weighted by Gasteiger charge is 2.17. The van der Waals surface area contributed by atoms with E-state index >= 15 is 0 Å². The van der Waals surface area contributed by atoms with Crippen molar-refractivity contribution in [2.45, 2.75) is 32.4 Å². The first-order valence-corrected chi connectivity index (χ1v) is 6.08. The Morgan fingerprint density at radius 3 is 2.72 bits per heavy atom. The minimum absolute atomic E-state index is 0.225. The Balaban J connectivity index is 2.59. The van der Waals surface area contributed by atoms with Crippen molar-refractivity contribution >= 4 is 16.7 Å². The highest BCUT2D eigenvalue weighted by Crippen LogP contribution is 2.25. The number of hydrogen-bond donors (Lipinski definition) is 3. The smallest absolute Gasteiger partial charge is 0.112 e. The van der Waals surface area contributed by atoms with Crippen molar-refractivity contribution in [1.82, 2.24) is 9.55 Å². The Kier molecular flexibility index (Phi) is 3.54. The number of nitrogens with zero attached hydrogens (tertiary/aromatic N) is 2. The SMILES string of the molecule is CC(C)c1nc2c(N)cccc2n1CC(O)CO. The van der Waals surface area contributed by atoms with Crippen molar-refractivity contribution in [3.05, 3.63) is 24.0 Å². The lowest BCUT2D eigenvalue weighted by Gasteiger charge is -2.14. The van der Waals surface area contributed by atoms with Gasteiger partial charge in [-0.1, -0.05) is 19.9 Å². The Labute approximate surface area is 106 Å². The van der Waals surface area contributed by atoms with E-state index in [4.69, 9.17) is 10.8 Å². The molecule has 0 radical (unpaired) electrons. The molecule has 0 fully saturated rings. The summed E-state index contributed by atoms with van der Waals surface area (Å²) < 4.78 is 1.93. The standard InChI is InChI=1S/C13H19N3O2/c1-8(2)13-15-12-10(14)4-3-5-11(12)16(13)6-9(18)7-17/h3-5,8-9,17-18H,6-7,14H2,1-2H3. The van der Waals surface area contributed by atoms with Gasteiger partial charge in [-0.15, -0.1) is 0 Å². The number of para-hydroxylation sites is 1. The number of aliphatic hydroxyl groups is 2. The van der Waals surface area contributed by atoms with E-state index in [1.54, 1.807) is 0 Å². The zero-order chi connectivity index (χ0) is 13.3. The lowest BCUT2D eigenvalue weighted by molar-refractivity contribution is 0.0813. The van der Waals surface area contributed by atoms with Crippen molar-refractivity contribution in [1.29, 1.82) is 0 Å². The summed E-state index contributed by atoms with van der Waals surface area (Å²) >= 11 is 0. The number of hydrogen-bond acceptors (Lipinski definition) is 4. The van der Waals surface area contributed by atoms with Crippen LogP contribution in [0.4, 0.5) is 5.69 Å². The molecule has 98 valence electrons. The van der Waals surface area contributed by atoms with Crippen LogP contribution in [0.2, 0.25) is 0 Å². The van der Waals surface area contributed by atoms with Crippen LogP contribution in [-0.2, 0) is 6.54 Å². The monoisotopic (exact) mass is 249 g/mol. The van der Waals surface area contributed by atoms with Crippen LogP contribution >= 0.6 is 0 Å². The molecular weight excluding hydrogens is 230 g/mol. The summed E-state index contributed by atoms with van der Waals surface area (Å²) in [6.07, 6.45) is -0.790. The van der Waals surface area contributed by atoms with E-state index in [-0.39, 0.29) is 12.5 Å². The van der Waals surface area contributed by atoms with Crippen LogP contribution in [0.15, 0.2) is 18.2 Å². The van der Waals surface area contributed by atoms with Crippen LogP contribution in [0, 0.1) is 0 Å². The van der Waals surface area contributed by atoms with Gasteiger partial charge in [0.1, 0.15) is 11.3 Å². The van der Waals surface area contributed by atoms with Crippen LogP contribution in [0.1, 0.15) is 25.6 Å². The maximum Gasteiger partial charge on any atom is 0.112 e. The lowest BCUT2D eigenvalue weighted by Crippen LogP contribution is -2.21. The zero-order valence-corrected chi connectivity index (χ0v) is 10.7. The fourth-order valence-corrected chi connectivity index (χ4v) is 2.09. The molecule has 1 heterocycles. The molecule has 1 aromatic heterocycles. The van der Waals surface area contributed by atoms with Gasteiger partial charge < -0.3 is 20.5 Å². The number of aromatic nitrogens is 2. The van der Waals surface area contributed by atoms with Crippen molar-refractivity contribution in [3.63, 3.8) is 0 Å². The normalized spacial score (nSPS) is 13.4. The summed E-state index contributed by atoms with van der Waals surface area (Å²) in [5.74, 6) is 1.10. The second-order valence-electron chi connectivity index (χ2n) is 4.79. The molecular formula is C13H19N3O2. The van der Waals surface area contributed by atoms with Gasteiger partial charge in [-0.2, -0.15) is 0 Å². The van der Waals surface area contributed by atoms with Crippen molar-refractivity contribution < 1.29 is 10.2 Å². The topological polar surface area (TPSA) is 84.3 Å². The van der Waals surface area contributed by atoms with Crippen molar-refractivity contribution in [2.75, 3.05) is 12.3 Å². The predicted molar refractivity (Wildman–Crippen MR) is 71.3 cm³/mol. The molecule has 4 N–H and O–H groups in total. The number of anilines is 1. The van der Waals surface area contributed by atoms with E-state index in [0.29, 0.717) is 12.2 Å². The van der Waals surface area contributed by atoms with Crippen molar-refractivity contribution in [2.24, 2.45) is 0 Å². The number of aliphatic hydroxyl groups excluding tert-OH is 2. The molecule has 2 aromatic rings. The highest BCUT2D eigenvalue weighted by atomic mass is 16.3. The first kappa shape index (κ1) is 12.9. The summed E-state index contributed by atoms with van der Waals surface area (Å²) in [4.78, 5) is 4.54. The number of imidazole rings is 1. The Morgan fingerprint density at radius 2 is 2.11 bits per heavy atom. The molecule has 18 heavy (non-hydrogen) atoms. The molecule has 0 aliphatic heterocycles. The summed E-state index contributed by atoms with van der Waals surface area (Å²) in [5, 5.41) is 18.6. The number of fused-ring (bicyclic) bond motifs is 1. The Hall–Kier alpha value is -1.59. The molecule has 0 bridgehead atoms. The summed E-state index contributed by atoms with van der Waals surface area (Å²) in [5.41, 5.74) is 8.20. The van der Waals surface area contributed by atoms with E-state index < -0.39 is 6.10 Å². The minimum atomic E-state index is -0.790. The van der Waals surface area contributed by atoms with E-state index in [1.807, 2.05) is 36.6 Å². The second kappa shape index (κ2) is 4.96. The second-order valence-corrected chi connectivity index (χ2v) is 4.79. The zero-order valence-electron chi connectivity index (χ0n) is 10.7. The van der Waals surface area contributed by atoms with Gasteiger partial charge in [0, 0.05) is 5.92 Å². The molecule has 0 aliphatic carbocycles. The van der Waals surface area contributed by atoms with Crippen molar-refractivity contribution in [3.8, 4) is 0 Å². The summed E-state index contributed by atoms with van der Waals surface area (Å²) in [7, 11) is 0. The minimum Gasteiger partial charge on any atom is -0.397 e. The van der Waals surface area contributed by atoms with Crippen LogP contribution in [0.5, 0.6) is 0 Å². The van der Waals surface area contributed by atoms with Gasteiger partial charge in [0.25, 0.3) is 0 Å². The van der Waals surface area contributed by atoms with Gasteiger partial charge in [0.15, 0.2) is 0 Å². The third-order valence-electron chi connectivity index (χ3n) is 2.96. The fraction of sp³-hybridized carbons (Fsp3) is 0.462. The van der Waals surface area contributed by atoms with Gasteiger partial charge in [-0.05, 0) is 12.1 Å². The van der Waals surface area contributed by atoms with Gasteiger partial charge in [-0.25, -0.2) is 4.98 Å².